The second-order valence-corrected chi connectivity index (χ2v) is 1.75. The van der Waals surface area contributed by atoms with E-state index in [9.17, 15) is 4.79 Å². The molecule has 1 rings (SSSR count). The number of halogens is 1. The molecule has 0 aliphatic carbocycles. The second kappa shape index (κ2) is 1.35. The van der Waals surface area contributed by atoms with E-state index in [4.69, 9.17) is 16.9 Å². The van der Waals surface area contributed by atoms with Gasteiger partial charge in [-0.1, -0.05) is 0 Å². The van der Waals surface area contributed by atoms with Gasteiger partial charge in [0.15, 0.2) is 6.23 Å². The predicted octanol–water partition coefficient (Wildman–Crippen LogP) is -0.309. The SMILES string of the molecule is O=C1C[C@@H](O)N1Cl. The van der Waals surface area contributed by atoms with Crippen molar-refractivity contribution < 1.29 is 9.90 Å². The number of rotatable bonds is 0. The zero-order chi connectivity index (χ0) is 5.44. The normalized spacial score (nSPS) is 30.3. The van der Waals surface area contributed by atoms with Crippen molar-refractivity contribution >= 4 is 17.7 Å². The third-order valence-corrected chi connectivity index (χ3v) is 1.27. The number of aliphatic hydroxyl groups excluding tert-OH is 1. The molecule has 4 heteroatoms. The van der Waals surface area contributed by atoms with Crippen molar-refractivity contribution in [1.29, 1.82) is 0 Å². The minimum absolute atomic E-state index is 0.170. The Morgan fingerprint density at radius 1 is 2.00 bits per heavy atom. The summed E-state index contributed by atoms with van der Waals surface area (Å²) < 4.78 is 0.778. The molecule has 0 aromatic rings. The third-order valence-electron chi connectivity index (χ3n) is 0.857. The topological polar surface area (TPSA) is 40.5 Å². The maximum atomic E-state index is 10.1. The molecule has 1 fully saturated rings. The lowest BCUT2D eigenvalue weighted by Gasteiger charge is -2.28. The summed E-state index contributed by atoms with van der Waals surface area (Å²) in [7, 11) is 0. The Morgan fingerprint density at radius 2 is 2.57 bits per heavy atom. The average molecular weight is 122 g/mol. The standard InChI is InChI=1S/C3H4ClNO2/c4-5-2(6)1-3(5)7/h2,6H,1H2/t2-/m1/s1. The molecule has 1 aliphatic heterocycles. The Balaban J connectivity index is 2.43. The van der Waals surface area contributed by atoms with Gasteiger partial charge in [-0.3, -0.25) is 4.79 Å². The highest BCUT2D eigenvalue weighted by molar-refractivity contribution is 6.23. The molecule has 7 heavy (non-hydrogen) atoms. The Kier molecular flexibility index (Phi) is 0.938. The average Bonchev–Trinajstić information content (AvgIpc) is 1.68. The fraction of sp³-hybridized carbons (Fsp3) is 0.667. The minimum Gasteiger partial charge on any atom is -0.372 e. The van der Waals surface area contributed by atoms with E-state index in [2.05, 4.69) is 0 Å². The summed E-state index contributed by atoms with van der Waals surface area (Å²) in [5.41, 5.74) is 0. The highest BCUT2D eigenvalue weighted by Gasteiger charge is 2.32. The van der Waals surface area contributed by atoms with E-state index >= 15 is 0 Å². The van der Waals surface area contributed by atoms with Gasteiger partial charge in [0.05, 0.1) is 6.42 Å². The first-order valence-electron chi connectivity index (χ1n) is 1.87. The molecule has 40 valence electrons. The molecule has 0 spiro atoms. The summed E-state index contributed by atoms with van der Waals surface area (Å²) >= 11 is 5.08. The van der Waals surface area contributed by atoms with E-state index in [-0.39, 0.29) is 12.3 Å². The molecule has 0 saturated carbocycles. The van der Waals surface area contributed by atoms with Gasteiger partial charge >= 0.3 is 0 Å². The molecule has 1 amide bonds. The van der Waals surface area contributed by atoms with Crippen molar-refractivity contribution in [3.8, 4) is 0 Å². The fourth-order valence-electron chi connectivity index (χ4n) is 0.377. The second-order valence-electron chi connectivity index (χ2n) is 1.39. The van der Waals surface area contributed by atoms with Gasteiger partial charge in [-0.15, -0.1) is 0 Å². The molecule has 1 saturated heterocycles. The molecule has 0 bridgehead atoms. The summed E-state index contributed by atoms with van der Waals surface area (Å²) in [6, 6.07) is 0. The van der Waals surface area contributed by atoms with Crippen LogP contribution in [0.5, 0.6) is 0 Å². The smallest absolute Gasteiger partial charge is 0.243 e. The molecule has 0 unspecified atom stereocenters. The van der Waals surface area contributed by atoms with E-state index in [1.165, 1.54) is 0 Å². The molecular formula is C3H4ClNO2. The van der Waals surface area contributed by atoms with Crippen molar-refractivity contribution in [1.82, 2.24) is 4.42 Å². The van der Waals surface area contributed by atoms with Crippen LogP contribution in [0.15, 0.2) is 0 Å². The van der Waals surface area contributed by atoms with Crippen LogP contribution in [0.3, 0.4) is 0 Å². The van der Waals surface area contributed by atoms with Crippen molar-refractivity contribution in [2.75, 3.05) is 0 Å². The van der Waals surface area contributed by atoms with Gasteiger partial charge in [0.25, 0.3) is 0 Å². The Hall–Kier alpha value is -0.280. The molecule has 1 aliphatic rings. The quantitative estimate of drug-likeness (QED) is 0.353. The highest BCUT2D eigenvalue weighted by Crippen LogP contribution is 2.17. The number of β-lactam (4-membered cyclic amide) rings is 1. The Morgan fingerprint density at radius 3 is 2.57 bits per heavy atom. The molecule has 1 atom stereocenters. The van der Waals surface area contributed by atoms with Gasteiger partial charge in [0.1, 0.15) is 0 Å². The zero-order valence-electron chi connectivity index (χ0n) is 3.47. The Labute approximate surface area is 45.6 Å². The summed E-state index contributed by atoms with van der Waals surface area (Å²) in [5, 5.41) is 8.46. The van der Waals surface area contributed by atoms with Crippen molar-refractivity contribution in [2.45, 2.75) is 12.6 Å². The van der Waals surface area contributed by atoms with Gasteiger partial charge in [-0.25, -0.2) is 4.42 Å². The van der Waals surface area contributed by atoms with Crippen LogP contribution in [0.1, 0.15) is 6.42 Å². The van der Waals surface area contributed by atoms with E-state index < -0.39 is 6.23 Å². The molecule has 1 heterocycles. The lowest BCUT2D eigenvalue weighted by molar-refractivity contribution is -0.150. The van der Waals surface area contributed by atoms with Gasteiger partial charge in [-0.05, 0) is 0 Å². The van der Waals surface area contributed by atoms with Crippen LogP contribution in [0.4, 0.5) is 0 Å². The van der Waals surface area contributed by atoms with E-state index in [1.54, 1.807) is 0 Å². The molecular weight excluding hydrogens is 117 g/mol. The monoisotopic (exact) mass is 121 g/mol. The number of hydrogen-bond acceptors (Lipinski definition) is 2. The molecule has 3 nitrogen and oxygen atoms in total. The van der Waals surface area contributed by atoms with E-state index in [1.807, 2.05) is 0 Å². The first-order chi connectivity index (χ1) is 3.22. The number of nitrogens with zero attached hydrogens (tertiary/aromatic N) is 1. The number of amides is 1. The first kappa shape index (κ1) is 4.87. The van der Waals surface area contributed by atoms with Gasteiger partial charge in [0, 0.05) is 11.8 Å². The van der Waals surface area contributed by atoms with Crippen LogP contribution in [-0.4, -0.2) is 21.7 Å². The summed E-state index contributed by atoms with van der Waals surface area (Å²) in [5.74, 6) is -0.214. The summed E-state index contributed by atoms with van der Waals surface area (Å²) in [4.78, 5) is 10.1. The largest absolute Gasteiger partial charge is 0.372 e. The van der Waals surface area contributed by atoms with Crippen LogP contribution in [-0.2, 0) is 4.79 Å². The van der Waals surface area contributed by atoms with Crippen molar-refractivity contribution in [3.05, 3.63) is 0 Å². The van der Waals surface area contributed by atoms with Crippen LogP contribution in [0, 0.1) is 0 Å². The fourth-order valence-corrected chi connectivity index (χ4v) is 0.515. The van der Waals surface area contributed by atoms with Crippen molar-refractivity contribution in [2.24, 2.45) is 0 Å². The maximum Gasteiger partial charge on any atom is 0.243 e. The van der Waals surface area contributed by atoms with Gasteiger partial charge < -0.3 is 5.11 Å². The number of hydrogen-bond donors (Lipinski definition) is 1. The van der Waals surface area contributed by atoms with Crippen molar-refractivity contribution in [3.63, 3.8) is 0 Å². The molecule has 1 N–H and O–H groups in total. The summed E-state index contributed by atoms with van der Waals surface area (Å²) in [6.07, 6.45) is -0.571. The molecule has 0 aromatic carbocycles. The van der Waals surface area contributed by atoms with Crippen LogP contribution >= 0.6 is 11.8 Å². The van der Waals surface area contributed by atoms with Gasteiger partial charge in [0.2, 0.25) is 5.91 Å². The van der Waals surface area contributed by atoms with E-state index in [0.29, 0.717) is 0 Å². The predicted molar refractivity (Wildman–Crippen MR) is 23.3 cm³/mol. The zero-order valence-corrected chi connectivity index (χ0v) is 4.22. The highest BCUT2D eigenvalue weighted by atomic mass is 35.5. The minimum atomic E-state index is -0.742. The van der Waals surface area contributed by atoms with Crippen LogP contribution < -0.4 is 0 Å². The Bertz CT molecular complexity index is 105. The molecule has 0 radical (unpaired) electrons. The van der Waals surface area contributed by atoms with E-state index in [0.717, 1.165) is 4.42 Å². The van der Waals surface area contributed by atoms with Crippen LogP contribution in [0.2, 0.25) is 0 Å². The lowest BCUT2D eigenvalue weighted by Crippen LogP contribution is -2.45. The molecule has 0 aromatic heterocycles. The maximum absolute atomic E-state index is 10.1. The third kappa shape index (κ3) is 0.576. The summed E-state index contributed by atoms with van der Waals surface area (Å²) in [6.45, 7) is 0. The van der Waals surface area contributed by atoms with Crippen LogP contribution in [0.25, 0.3) is 0 Å². The number of carbonyl (C=O) groups is 1. The lowest BCUT2D eigenvalue weighted by atomic mass is 10.2. The van der Waals surface area contributed by atoms with Gasteiger partial charge in [-0.2, -0.15) is 0 Å². The number of carbonyl (C=O) groups excluding carboxylic acids is 1. The number of aliphatic hydroxyl groups is 1. The first-order valence-corrected chi connectivity index (χ1v) is 2.21.